The highest BCUT2D eigenvalue weighted by molar-refractivity contribution is 6.03. The number of nitro groups is 1. The maximum atomic E-state index is 13.6. The van der Waals surface area contributed by atoms with Crippen LogP contribution in [0, 0.1) is 28.4 Å². The number of benzene rings is 1. The quantitative estimate of drug-likeness (QED) is 0.593. The van der Waals surface area contributed by atoms with Gasteiger partial charge in [-0.25, -0.2) is 8.78 Å². The van der Waals surface area contributed by atoms with Crippen LogP contribution in [0.4, 0.5) is 14.5 Å². The number of hydrogen-bond donors (Lipinski definition) is 2. The fourth-order valence-electron chi connectivity index (χ4n) is 3.78. The molecular formula is C17H18F2N2O6. The Morgan fingerprint density at radius 3 is 2.33 bits per heavy atom. The first kappa shape index (κ1) is 20.4. The molecule has 10 heteroatoms. The molecule has 0 spiro atoms. The normalized spacial score (nSPS) is 27.9. The average molecular weight is 384 g/mol. The van der Waals surface area contributed by atoms with Crippen molar-refractivity contribution in [1.82, 2.24) is 0 Å². The molecule has 0 saturated carbocycles. The molecule has 1 aromatic rings. The van der Waals surface area contributed by atoms with E-state index in [1.807, 2.05) is 0 Å². The van der Waals surface area contributed by atoms with Crippen molar-refractivity contribution in [2.24, 2.45) is 16.3 Å². The standard InChI is InChI=1S/C17H18F2N2O6/c1-7-9(5-4-6-10(7)21(26)27)12-11(15(22)23)8(2)20-13(14(18)19)17(12,3)16(24)25/h4-6,11-14H,1-3H3,(H,22,23)(H,24,25). The minimum Gasteiger partial charge on any atom is -0.481 e. The molecule has 0 radical (unpaired) electrons. The smallest absolute Gasteiger partial charge is 0.312 e. The van der Waals surface area contributed by atoms with Gasteiger partial charge in [-0.2, -0.15) is 0 Å². The largest absolute Gasteiger partial charge is 0.481 e. The summed E-state index contributed by atoms with van der Waals surface area (Å²) in [7, 11) is 0. The second-order valence-corrected chi connectivity index (χ2v) is 6.68. The lowest BCUT2D eigenvalue weighted by atomic mass is 9.60. The van der Waals surface area contributed by atoms with Gasteiger partial charge in [0.1, 0.15) is 17.4 Å². The topological polar surface area (TPSA) is 130 Å². The zero-order valence-corrected chi connectivity index (χ0v) is 14.7. The fourth-order valence-corrected chi connectivity index (χ4v) is 3.78. The molecule has 1 aliphatic heterocycles. The van der Waals surface area contributed by atoms with Crippen LogP contribution in [-0.2, 0) is 9.59 Å². The molecule has 1 aliphatic rings. The Bertz CT molecular complexity index is 841. The number of nitrogens with zero attached hydrogens (tertiary/aromatic N) is 2. The SMILES string of the molecule is CC1=NC(C(F)F)C(C)(C(=O)O)C(c2cccc([N+](=O)[O-])c2C)C1C(=O)O. The Balaban J connectivity index is 2.88. The van der Waals surface area contributed by atoms with Gasteiger partial charge in [0.25, 0.3) is 12.1 Å². The molecular weight excluding hydrogens is 366 g/mol. The number of nitro benzene ring substituents is 1. The Labute approximate surface area is 152 Å². The van der Waals surface area contributed by atoms with Gasteiger partial charge in [-0.1, -0.05) is 12.1 Å². The minimum absolute atomic E-state index is 0.0291. The van der Waals surface area contributed by atoms with Gasteiger partial charge in [-0.3, -0.25) is 24.7 Å². The summed E-state index contributed by atoms with van der Waals surface area (Å²) in [5.74, 6) is -6.07. The Morgan fingerprint density at radius 1 is 1.30 bits per heavy atom. The number of aliphatic imine (C=N–C) groups is 1. The molecule has 0 bridgehead atoms. The number of carboxylic acids is 2. The van der Waals surface area contributed by atoms with Crippen LogP contribution in [0.3, 0.4) is 0 Å². The van der Waals surface area contributed by atoms with Gasteiger partial charge in [-0.15, -0.1) is 0 Å². The molecule has 1 heterocycles. The van der Waals surface area contributed by atoms with Crippen LogP contribution in [0.2, 0.25) is 0 Å². The molecule has 1 aromatic carbocycles. The van der Waals surface area contributed by atoms with Crippen molar-refractivity contribution in [3.05, 3.63) is 39.4 Å². The summed E-state index contributed by atoms with van der Waals surface area (Å²) < 4.78 is 27.3. The number of aliphatic carboxylic acids is 2. The van der Waals surface area contributed by atoms with Crippen molar-refractivity contribution in [3.8, 4) is 0 Å². The predicted molar refractivity (Wildman–Crippen MR) is 90.3 cm³/mol. The highest BCUT2D eigenvalue weighted by Crippen LogP contribution is 2.51. The third kappa shape index (κ3) is 3.15. The molecule has 0 fully saturated rings. The summed E-state index contributed by atoms with van der Waals surface area (Å²) in [6.07, 6.45) is -3.16. The first-order chi connectivity index (χ1) is 12.4. The molecule has 27 heavy (non-hydrogen) atoms. The molecule has 4 unspecified atom stereocenters. The number of carbonyl (C=O) groups is 2. The Hall–Kier alpha value is -2.91. The summed E-state index contributed by atoms with van der Waals surface area (Å²) in [5.41, 5.74) is -2.72. The highest BCUT2D eigenvalue weighted by atomic mass is 19.3. The molecule has 0 aliphatic carbocycles. The minimum atomic E-state index is -3.16. The number of halogens is 2. The second-order valence-electron chi connectivity index (χ2n) is 6.68. The summed E-state index contributed by atoms with van der Waals surface area (Å²) in [4.78, 5) is 38.2. The van der Waals surface area contributed by atoms with Crippen LogP contribution < -0.4 is 0 Å². The summed E-state index contributed by atoms with van der Waals surface area (Å²) in [6, 6.07) is 1.81. The Kier molecular flexibility index (Phi) is 5.30. The van der Waals surface area contributed by atoms with Gasteiger partial charge < -0.3 is 10.2 Å². The molecule has 2 rings (SSSR count). The van der Waals surface area contributed by atoms with Gasteiger partial charge in [0.15, 0.2) is 0 Å². The van der Waals surface area contributed by atoms with Crippen LogP contribution in [0.15, 0.2) is 23.2 Å². The van der Waals surface area contributed by atoms with E-state index in [0.29, 0.717) is 0 Å². The van der Waals surface area contributed by atoms with Gasteiger partial charge in [0, 0.05) is 23.3 Å². The summed E-state index contributed by atoms with van der Waals surface area (Å²) in [5, 5.41) is 30.7. The predicted octanol–water partition coefficient (Wildman–Crippen LogP) is 2.89. The van der Waals surface area contributed by atoms with E-state index in [0.717, 1.165) is 6.92 Å². The maximum absolute atomic E-state index is 13.6. The van der Waals surface area contributed by atoms with Crippen molar-refractivity contribution < 1.29 is 33.5 Å². The van der Waals surface area contributed by atoms with Crippen LogP contribution in [0.25, 0.3) is 0 Å². The van der Waals surface area contributed by atoms with E-state index < -0.39 is 46.6 Å². The fraction of sp³-hybridized carbons (Fsp3) is 0.471. The lowest BCUT2D eigenvalue weighted by Crippen LogP contribution is -2.55. The van der Waals surface area contributed by atoms with Crippen LogP contribution in [0.1, 0.15) is 30.9 Å². The molecule has 4 atom stereocenters. The first-order valence-corrected chi connectivity index (χ1v) is 7.97. The Morgan fingerprint density at radius 2 is 1.89 bits per heavy atom. The van der Waals surface area contributed by atoms with Crippen molar-refractivity contribution in [3.63, 3.8) is 0 Å². The van der Waals surface area contributed by atoms with E-state index in [-0.39, 0.29) is 22.5 Å². The van der Waals surface area contributed by atoms with Crippen molar-refractivity contribution in [2.45, 2.75) is 39.2 Å². The zero-order chi connectivity index (χ0) is 20.7. The van der Waals surface area contributed by atoms with Crippen LogP contribution >= 0.6 is 0 Å². The molecule has 2 N–H and O–H groups in total. The van der Waals surface area contributed by atoms with E-state index in [2.05, 4.69) is 4.99 Å². The number of carboxylic acid groups (broad SMARTS) is 2. The number of alkyl halides is 2. The number of hydrogen-bond acceptors (Lipinski definition) is 5. The monoisotopic (exact) mass is 384 g/mol. The molecule has 0 saturated heterocycles. The molecule has 8 nitrogen and oxygen atoms in total. The van der Waals surface area contributed by atoms with E-state index in [9.17, 15) is 38.7 Å². The van der Waals surface area contributed by atoms with Crippen molar-refractivity contribution in [1.29, 1.82) is 0 Å². The van der Waals surface area contributed by atoms with E-state index >= 15 is 0 Å². The van der Waals surface area contributed by atoms with E-state index in [4.69, 9.17) is 0 Å². The van der Waals surface area contributed by atoms with E-state index in [1.165, 1.54) is 32.0 Å². The maximum Gasteiger partial charge on any atom is 0.312 e. The molecule has 0 aromatic heterocycles. The second kappa shape index (κ2) is 7.01. The molecule has 146 valence electrons. The van der Waals surface area contributed by atoms with E-state index in [1.54, 1.807) is 0 Å². The molecule has 0 amide bonds. The van der Waals surface area contributed by atoms with Gasteiger partial charge >= 0.3 is 11.9 Å². The van der Waals surface area contributed by atoms with Crippen molar-refractivity contribution in [2.75, 3.05) is 0 Å². The lowest BCUT2D eigenvalue weighted by Gasteiger charge is -2.45. The summed E-state index contributed by atoms with van der Waals surface area (Å²) in [6.45, 7) is 3.60. The van der Waals surface area contributed by atoms with Gasteiger partial charge in [0.05, 0.1) is 4.92 Å². The highest BCUT2D eigenvalue weighted by Gasteiger charge is 2.59. The van der Waals surface area contributed by atoms with Crippen molar-refractivity contribution >= 4 is 23.3 Å². The van der Waals surface area contributed by atoms with Crippen LogP contribution in [0.5, 0.6) is 0 Å². The van der Waals surface area contributed by atoms with Gasteiger partial charge in [-0.05, 0) is 26.3 Å². The first-order valence-electron chi connectivity index (χ1n) is 7.97. The number of rotatable bonds is 5. The third-order valence-electron chi connectivity index (χ3n) is 5.23. The zero-order valence-electron chi connectivity index (χ0n) is 14.7. The summed E-state index contributed by atoms with van der Waals surface area (Å²) >= 11 is 0. The lowest BCUT2D eigenvalue weighted by molar-refractivity contribution is -0.385. The third-order valence-corrected chi connectivity index (χ3v) is 5.23. The average Bonchev–Trinajstić information content (AvgIpc) is 2.55. The van der Waals surface area contributed by atoms with Gasteiger partial charge in [0.2, 0.25) is 0 Å². The van der Waals surface area contributed by atoms with Crippen LogP contribution in [-0.4, -0.2) is 45.3 Å².